The zero-order chi connectivity index (χ0) is 15.6. The van der Waals surface area contributed by atoms with Gasteiger partial charge in [-0.25, -0.2) is 0 Å². The lowest BCUT2D eigenvalue weighted by atomic mass is 10.0. The van der Waals surface area contributed by atoms with Gasteiger partial charge in [-0.3, -0.25) is 9.59 Å². The molecular formula is C15H17NO4S. The van der Waals surface area contributed by atoms with Crippen LogP contribution in [0, 0.1) is 5.92 Å². The molecule has 0 bridgehead atoms. The molecule has 0 unspecified atom stereocenters. The number of Topliss-reactive ketones (excluding diaryl/α,β-unsaturated/α-hetero) is 1. The number of esters is 1. The molecule has 0 radical (unpaired) electrons. The van der Waals surface area contributed by atoms with E-state index in [4.69, 9.17) is 0 Å². The molecule has 1 atom stereocenters. The second kappa shape index (κ2) is 6.13. The molecule has 0 saturated carbocycles. The predicted molar refractivity (Wildman–Crippen MR) is 83.2 cm³/mol. The fraction of sp³-hybridized carbons (Fsp3) is 0.333. The van der Waals surface area contributed by atoms with Crippen molar-refractivity contribution in [2.24, 2.45) is 5.92 Å². The first-order chi connectivity index (χ1) is 9.96. The van der Waals surface area contributed by atoms with Crippen molar-refractivity contribution in [1.29, 1.82) is 0 Å². The molecule has 0 aliphatic carbocycles. The summed E-state index contributed by atoms with van der Waals surface area (Å²) in [6.45, 7) is 1.67. The Hall–Kier alpha value is -2.08. The number of rotatable bonds is 5. The molecule has 0 spiro atoms. The Morgan fingerprint density at radius 3 is 2.71 bits per heavy atom. The number of ketones is 1. The van der Waals surface area contributed by atoms with Gasteiger partial charge in [0.15, 0.2) is 5.78 Å². The maximum Gasteiger partial charge on any atom is 0.308 e. The van der Waals surface area contributed by atoms with E-state index in [9.17, 15) is 14.7 Å². The fourth-order valence-electron chi connectivity index (χ4n) is 2.08. The molecule has 2 aromatic rings. The monoisotopic (exact) mass is 307 g/mol. The Kier molecular flexibility index (Phi) is 4.47. The Balaban J connectivity index is 2.26. The highest BCUT2D eigenvalue weighted by molar-refractivity contribution is 7.20. The number of phenolic OH excluding ortho intramolecular Hbond substituents is 1. The zero-order valence-corrected chi connectivity index (χ0v) is 12.9. The van der Waals surface area contributed by atoms with Crippen LogP contribution in [0.3, 0.4) is 0 Å². The first-order valence-electron chi connectivity index (χ1n) is 6.51. The quantitative estimate of drug-likeness (QED) is 0.504. The summed E-state index contributed by atoms with van der Waals surface area (Å²) < 4.78 is 5.53. The van der Waals surface area contributed by atoms with Crippen LogP contribution >= 0.6 is 11.3 Å². The topological polar surface area (TPSA) is 75.6 Å². The van der Waals surface area contributed by atoms with E-state index in [1.807, 2.05) is 0 Å². The SMILES string of the molecule is CNc1cc2sc(C(=O)C[C@H](C)C(=O)OC)cc2cc1O. The number of benzene rings is 1. The lowest BCUT2D eigenvalue weighted by molar-refractivity contribution is -0.144. The Morgan fingerprint density at radius 2 is 2.10 bits per heavy atom. The van der Waals surface area contributed by atoms with Crippen molar-refractivity contribution in [1.82, 2.24) is 0 Å². The summed E-state index contributed by atoms with van der Waals surface area (Å²) in [6.07, 6.45) is 0.115. The van der Waals surface area contributed by atoms with E-state index in [-0.39, 0.29) is 23.9 Å². The number of fused-ring (bicyclic) bond motifs is 1. The largest absolute Gasteiger partial charge is 0.506 e. The third-order valence-electron chi connectivity index (χ3n) is 3.27. The summed E-state index contributed by atoms with van der Waals surface area (Å²) in [7, 11) is 3.03. The Morgan fingerprint density at radius 1 is 1.38 bits per heavy atom. The molecule has 112 valence electrons. The average molecular weight is 307 g/mol. The molecule has 2 rings (SSSR count). The molecule has 5 nitrogen and oxygen atoms in total. The number of anilines is 1. The van der Waals surface area contributed by atoms with E-state index in [1.54, 1.807) is 32.2 Å². The number of methoxy groups -OCH3 is 1. The standard InChI is InChI=1S/C15H17NO4S/c1-8(15(19)20-3)4-12(18)14-6-9-5-11(17)10(16-2)7-13(9)21-14/h5-8,16-17H,4H2,1-3H3/t8-/m0/s1. The van der Waals surface area contributed by atoms with Gasteiger partial charge < -0.3 is 15.2 Å². The second-order valence-corrected chi connectivity index (χ2v) is 5.90. The van der Waals surface area contributed by atoms with E-state index in [0.717, 1.165) is 10.1 Å². The van der Waals surface area contributed by atoms with Crippen molar-refractivity contribution in [3.05, 3.63) is 23.1 Å². The van der Waals surface area contributed by atoms with Gasteiger partial charge in [0.25, 0.3) is 0 Å². The molecule has 0 saturated heterocycles. The van der Waals surface area contributed by atoms with E-state index in [2.05, 4.69) is 10.1 Å². The number of ether oxygens (including phenoxy) is 1. The van der Waals surface area contributed by atoms with Gasteiger partial charge >= 0.3 is 5.97 Å². The Labute approximate surface area is 126 Å². The van der Waals surface area contributed by atoms with Crippen molar-refractivity contribution in [3.63, 3.8) is 0 Å². The van der Waals surface area contributed by atoms with Crippen LogP contribution < -0.4 is 5.32 Å². The van der Waals surface area contributed by atoms with E-state index in [1.165, 1.54) is 18.4 Å². The zero-order valence-electron chi connectivity index (χ0n) is 12.1. The molecule has 0 amide bonds. The second-order valence-electron chi connectivity index (χ2n) is 4.82. The highest BCUT2D eigenvalue weighted by atomic mass is 32.1. The number of carbonyl (C=O) groups is 2. The lowest BCUT2D eigenvalue weighted by Gasteiger charge is -2.06. The number of nitrogens with one attached hydrogen (secondary N) is 1. The van der Waals surface area contributed by atoms with Crippen molar-refractivity contribution in [2.45, 2.75) is 13.3 Å². The molecule has 1 aromatic heterocycles. The van der Waals surface area contributed by atoms with Gasteiger partial charge in [-0.1, -0.05) is 6.92 Å². The summed E-state index contributed by atoms with van der Waals surface area (Å²) in [5.74, 6) is -0.808. The molecule has 0 fully saturated rings. The van der Waals surface area contributed by atoms with Gasteiger partial charge in [-0.2, -0.15) is 0 Å². The minimum absolute atomic E-state index is 0.0976. The van der Waals surface area contributed by atoms with E-state index >= 15 is 0 Å². The van der Waals surface area contributed by atoms with Crippen LogP contribution in [-0.2, 0) is 9.53 Å². The maximum absolute atomic E-state index is 12.2. The number of hydrogen-bond acceptors (Lipinski definition) is 6. The third-order valence-corrected chi connectivity index (χ3v) is 4.41. The van der Waals surface area contributed by atoms with Crippen LogP contribution in [-0.4, -0.2) is 31.0 Å². The molecule has 1 heterocycles. The maximum atomic E-state index is 12.2. The van der Waals surface area contributed by atoms with Crippen LogP contribution in [0.2, 0.25) is 0 Å². The van der Waals surface area contributed by atoms with Crippen LogP contribution in [0.5, 0.6) is 5.75 Å². The van der Waals surface area contributed by atoms with Crippen LogP contribution in [0.1, 0.15) is 23.0 Å². The molecule has 1 aromatic carbocycles. The summed E-state index contributed by atoms with van der Waals surface area (Å²) >= 11 is 1.35. The number of carbonyl (C=O) groups excluding carboxylic acids is 2. The van der Waals surface area contributed by atoms with Crippen molar-refractivity contribution < 1.29 is 19.4 Å². The van der Waals surface area contributed by atoms with Gasteiger partial charge in [0.05, 0.1) is 23.6 Å². The first-order valence-corrected chi connectivity index (χ1v) is 7.33. The van der Waals surface area contributed by atoms with Crippen molar-refractivity contribution >= 4 is 38.9 Å². The summed E-state index contributed by atoms with van der Waals surface area (Å²) in [6, 6.07) is 5.17. The van der Waals surface area contributed by atoms with Crippen LogP contribution in [0.25, 0.3) is 10.1 Å². The van der Waals surface area contributed by atoms with Gasteiger partial charge in [0, 0.05) is 18.2 Å². The lowest BCUT2D eigenvalue weighted by Crippen LogP contribution is -2.16. The van der Waals surface area contributed by atoms with E-state index in [0.29, 0.717) is 10.6 Å². The predicted octanol–water partition coefficient (Wildman–Crippen LogP) is 3.03. The first kappa shape index (κ1) is 15.3. The van der Waals surface area contributed by atoms with Gasteiger partial charge in [-0.05, 0) is 23.6 Å². The van der Waals surface area contributed by atoms with Crippen molar-refractivity contribution in [2.75, 3.05) is 19.5 Å². The van der Waals surface area contributed by atoms with Gasteiger partial charge in [-0.15, -0.1) is 11.3 Å². The normalized spacial score (nSPS) is 12.1. The average Bonchev–Trinajstić information content (AvgIpc) is 2.87. The molecule has 0 aliphatic heterocycles. The highest BCUT2D eigenvalue weighted by Gasteiger charge is 2.20. The van der Waals surface area contributed by atoms with Crippen LogP contribution in [0.4, 0.5) is 5.69 Å². The highest BCUT2D eigenvalue weighted by Crippen LogP contribution is 2.34. The smallest absolute Gasteiger partial charge is 0.308 e. The minimum Gasteiger partial charge on any atom is -0.506 e. The molecule has 2 N–H and O–H groups in total. The number of hydrogen-bond donors (Lipinski definition) is 2. The molecule has 6 heteroatoms. The molecule has 0 aliphatic rings. The summed E-state index contributed by atoms with van der Waals surface area (Å²) in [5, 5.41) is 13.5. The third kappa shape index (κ3) is 3.16. The van der Waals surface area contributed by atoms with Crippen molar-refractivity contribution in [3.8, 4) is 5.75 Å². The minimum atomic E-state index is -0.464. The summed E-state index contributed by atoms with van der Waals surface area (Å²) in [4.78, 5) is 24.2. The Bertz CT molecular complexity index is 692. The van der Waals surface area contributed by atoms with Crippen LogP contribution in [0.15, 0.2) is 18.2 Å². The molecular weight excluding hydrogens is 290 g/mol. The fourth-order valence-corrected chi connectivity index (χ4v) is 3.11. The number of aromatic hydroxyl groups is 1. The number of phenols is 1. The number of thiophene rings is 1. The van der Waals surface area contributed by atoms with E-state index < -0.39 is 5.92 Å². The molecule has 21 heavy (non-hydrogen) atoms. The van der Waals surface area contributed by atoms with Gasteiger partial charge in [0.2, 0.25) is 0 Å². The van der Waals surface area contributed by atoms with Gasteiger partial charge in [0.1, 0.15) is 5.75 Å². The summed E-state index contributed by atoms with van der Waals surface area (Å²) in [5.41, 5.74) is 0.617.